The number of nitrogens with one attached hydrogen (secondary N) is 1. The lowest BCUT2D eigenvalue weighted by Crippen LogP contribution is -2.27. The first-order chi connectivity index (χ1) is 11.2. The van der Waals surface area contributed by atoms with Gasteiger partial charge >= 0.3 is 7.60 Å². The summed E-state index contributed by atoms with van der Waals surface area (Å²) in [4.78, 5) is 40.3. The van der Waals surface area contributed by atoms with Crippen molar-refractivity contribution < 1.29 is 24.2 Å². The minimum Gasteiger partial charge on any atom is -0.396 e. The Kier molecular flexibility index (Phi) is 4.22. The summed E-state index contributed by atoms with van der Waals surface area (Å²) in [5.74, 6) is -0.0535. The number of aromatic nitrogens is 4. The van der Waals surface area contributed by atoms with E-state index in [-0.39, 0.29) is 42.9 Å². The average Bonchev–Trinajstić information content (AvgIpc) is 3.09. The highest BCUT2D eigenvalue weighted by atomic mass is 31.2. The third kappa shape index (κ3) is 3.21. The van der Waals surface area contributed by atoms with Crippen LogP contribution in [0.5, 0.6) is 0 Å². The fourth-order valence-electron chi connectivity index (χ4n) is 2.84. The van der Waals surface area contributed by atoms with Gasteiger partial charge in [0.1, 0.15) is 6.23 Å². The SMILES string of the molecule is Nc1nc2c(ncn2[C@H]2C[C@@](CO)(CCP(=O)(O)O)CO2)c(=O)[nH]1. The van der Waals surface area contributed by atoms with Crippen molar-refractivity contribution in [1.29, 1.82) is 0 Å². The molecule has 3 rings (SSSR count). The normalized spacial score (nSPS) is 24.7. The number of nitrogens with two attached hydrogens (primary N) is 1. The van der Waals surface area contributed by atoms with Gasteiger partial charge in [0.05, 0.1) is 25.7 Å². The summed E-state index contributed by atoms with van der Waals surface area (Å²) < 4.78 is 18.3. The van der Waals surface area contributed by atoms with Crippen LogP contribution in [0, 0.1) is 5.41 Å². The molecule has 11 nitrogen and oxygen atoms in total. The number of nitrogens with zero attached hydrogens (tertiary/aromatic N) is 3. The van der Waals surface area contributed by atoms with Crippen molar-refractivity contribution in [2.24, 2.45) is 5.41 Å². The Bertz CT molecular complexity index is 859. The van der Waals surface area contributed by atoms with Crippen molar-refractivity contribution in [2.45, 2.75) is 19.1 Å². The van der Waals surface area contributed by atoms with Gasteiger partial charge < -0.3 is 25.4 Å². The van der Waals surface area contributed by atoms with E-state index < -0.39 is 24.8 Å². The molecule has 1 aliphatic heterocycles. The van der Waals surface area contributed by atoms with E-state index in [1.165, 1.54) is 10.9 Å². The molecule has 132 valence electrons. The third-order valence-corrected chi connectivity index (χ3v) is 5.03. The summed E-state index contributed by atoms with van der Waals surface area (Å²) in [5, 5.41) is 9.68. The molecule has 1 aliphatic rings. The summed E-state index contributed by atoms with van der Waals surface area (Å²) in [6.45, 7) is -0.140. The van der Waals surface area contributed by atoms with Crippen LogP contribution in [0.15, 0.2) is 11.1 Å². The number of aliphatic hydroxyl groups excluding tert-OH is 1. The number of ether oxygens (including phenoxy) is 1. The number of anilines is 1. The molecule has 0 aromatic carbocycles. The Morgan fingerprint density at radius 2 is 2.29 bits per heavy atom. The molecule has 3 heterocycles. The van der Waals surface area contributed by atoms with Gasteiger partial charge in [-0.25, -0.2) is 4.98 Å². The van der Waals surface area contributed by atoms with Gasteiger partial charge in [0, 0.05) is 11.8 Å². The second-order valence-electron chi connectivity index (χ2n) is 6.04. The molecule has 24 heavy (non-hydrogen) atoms. The predicted octanol–water partition coefficient (Wildman–Crippen LogP) is -0.833. The van der Waals surface area contributed by atoms with Gasteiger partial charge in [-0.15, -0.1) is 0 Å². The van der Waals surface area contributed by atoms with Gasteiger partial charge in [-0.05, 0) is 6.42 Å². The highest BCUT2D eigenvalue weighted by Gasteiger charge is 2.42. The standard InChI is InChI=1S/C12H18N5O6P/c13-11-15-9-8(10(19)16-11)14-6-17(9)7-3-12(4-18,5-23-7)1-2-24(20,21)22/h6-7,18H,1-5H2,(H2,20,21,22)(H3,13,15,16,19)/t7-,12-/m1/s1. The monoisotopic (exact) mass is 359 g/mol. The van der Waals surface area contributed by atoms with Crippen molar-refractivity contribution in [3.05, 3.63) is 16.7 Å². The number of hydrogen-bond acceptors (Lipinski definition) is 7. The van der Waals surface area contributed by atoms with E-state index in [0.29, 0.717) is 6.42 Å². The predicted molar refractivity (Wildman–Crippen MR) is 83.2 cm³/mol. The Morgan fingerprint density at radius 1 is 1.54 bits per heavy atom. The molecule has 1 fully saturated rings. The summed E-state index contributed by atoms with van der Waals surface area (Å²) in [6, 6.07) is 0. The molecule has 12 heteroatoms. The molecule has 0 saturated carbocycles. The zero-order valence-corrected chi connectivity index (χ0v) is 13.5. The van der Waals surface area contributed by atoms with Crippen LogP contribution < -0.4 is 11.3 Å². The van der Waals surface area contributed by atoms with E-state index in [0.717, 1.165) is 0 Å². The molecule has 0 bridgehead atoms. The summed E-state index contributed by atoms with van der Waals surface area (Å²) in [6.07, 6.45) is 0.927. The number of rotatable bonds is 5. The molecular formula is C12H18N5O6P. The number of fused-ring (bicyclic) bond motifs is 1. The summed E-state index contributed by atoms with van der Waals surface area (Å²) in [5.41, 5.74) is 4.68. The zero-order valence-electron chi connectivity index (χ0n) is 12.6. The maximum atomic E-state index is 11.8. The fraction of sp³-hybridized carbons (Fsp3) is 0.583. The highest BCUT2D eigenvalue weighted by Crippen LogP contribution is 2.45. The second-order valence-corrected chi connectivity index (χ2v) is 7.82. The lowest BCUT2D eigenvalue weighted by molar-refractivity contribution is 0.0425. The van der Waals surface area contributed by atoms with Crippen LogP contribution in [0.2, 0.25) is 0 Å². The number of nitrogen functional groups attached to an aromatic ring is 1. The van der Waals surface area contributed by atoms with Crippen molar-refractivity contribution in [3.8, 4) is 0 Å². The molecule has 2 aromatic heterocycles. The second kappa shape index (κ2) is 5.94. The van der Waals surface area contributed by atoms with Crippen LogP contribution >= 0.6 is 7.60 Å². The van der Waals surface area contributed by atoms with Crippen LogP contribution in [0.3, 0.4) is 0 Å². The van der Waals surface area contributed by atoms with E-state index in [9.17, 15) is 14.5 Å². The van der Waals surface area contributed by atoms with Crippen LogP contribution in [0.1, 0.15) is 19.1 Å². The average molecular weight is 359 g/mol. The zero-order chi connectivity index (χ0) is 17.5. The van der Waals surface area contributed by atoms with E-state index in [1.54, 1.807) is 0 Å². The summed E-state index contributed by atoms with van der Waals surface area (Å²) in [7, 11) is -4.17. The van der Waals surface area contributed by atoms with Crippen LogP contribution in [0.25, 0.3) is 11.2 Å². The smallest absolute Gasteiger partial charge is 0.325 e. The van der Waals surface area contributed by atoms with Crippen LogP contribution in [0.4, 0.5) is 5.95 Å². The minimum atomic E-state index is -4.17. The largest absolute Gasteiger partial charge is 0.396 e. The molecule has 0 unspecified atom stereocenters. The minimum absolute atomic E-state index is 0.0535. The van der Waals surface area contributed by atoms with E-state index in [1.807, 2.05) is 0 Å². The number of hydrogen-bond donors (Lipinski definition) is 5. The van der Waals surface area contributed by atoms with Gasteiger partial charge in [0.25, 0.3) is 5.56 Å². The third-order valence-electron chi connectivity index (χ3n) is 4.22. The lowest BCUT2D eigenvalue weighted by Gasteiger charge is -2.24. The van der Waals surface area contributed by atoms with Crippen LogP contribution in [-0.2, 0) is 9.30 Å². The molecule has 0 aliphatic carbocycles. The topological polar surface area (TPSA) is 177 Å². The highest BCUT2D eigenvalue weighted by molar-refractivity contribution is 7.51. The Labute approximate surface area is 135 Å². The molecule has 0 spiro atoms. The number of aliphatic hydroxyl groups is 1. The van der Waals surface area contributed by atoms with E-state index in [2.05, 4.69) is 15.0 Å². The van der Waals surface area contributed by atoms with Crippen LogP contribution in [-0.4, -0.2) is 53.8 Å². The first kappa shape index (κ1) is 17.1. The van der Waals surface area contributed by atoms with Gasteiger partial charge in [-0.3, -0.25) is 18.9 Å². The molecular weight excluding hydrogens is 341 g/mol. The van der Waals surface area contributed by atoms with Gasteiger partial charge in [-0.2, -0.15) is 4.98 Å². The molecule has 2 atom stereocenters. The summed E-state index contributed by atoms with van der Waals surface area (Å²) >= 11 is 0. The van der Waals surface area contributed by atoms with Crippen molar-refractivity contribution in [1.82, 2.24) is 19.5 Å². The van der Waals surface area contributed by atoms with Crippen molar-refractivity contribution in [3.63, 3.8) is 0 Å². The number of H-pyrrole nitrogens is 1. The van der Waals surface area contributed by atoms with Gasteiger partial charge in [0.15, 0.2) is 11.2 Å². The lowest BCUT2D eigenvalue weighted by atomic mass is 9.85. The Morgan fingerprint density at radius 3 is 2.96 bits per heavy atom. The molecule has 6 N–H and O–H groups in total. The fourth-order valence-corrected chi connectivity index (χ4v) is 3.61. The Hall–Kier alpha value is -1.78. The Balaban J connectivity index is 1.87. The first-order valence-corrected chi connectivity index (χ1v) is 9.02. The van der Waals surface area contributed by atoms with E-state index in [4.69, 9.17) is 20.3 Å². The van der Waals surface area contributed by atoms with Crippen molar-refractivity contribution >= 4 is 24.7 Å². The number of aromatic amines is 1. The maximum Gasteiger partial charge on any atom is 0.325 e. The van der Waals surface area contributed by atoms with E-state index >= 15 is 0 Å². The van der Waals surface area contributed by atoms with Gasteiger partial charge in [0.2, 0.25) is 5.95 Å². The molecule has 2 aromatic rings. The van der Waals surface area contributed by atoms with Gasteiger partial charge in [-0.1, -0.05) is 0 Å². The number of imidazole rings is 1. The first-order valence-electron chi connectivity index (χ1n) is 7.22. The quantitative estimate of drug-likeness (QED) is 0.426. The molecule has 1 saturated heterocycles. The van der Waals surface area contributed by atoms with Crippen molar-refractivity contribution in [2.75, 3.05) is 25.1 Å². The maximum absolute atomic E-state index is 11.8. The molecule has 0 radical (unpaired) electrons. The molecule has 0 amide bonds.